The third-order valence-corrected chi connectivity index (χ3v) is 3.89. The zero-order chi connectivity index (χ0) is 18.0. The Kier molecular flexibility index (Phi) is 25.7. The highest BCUT2D eigenvalue weighted by Crippen LogP contribution is 2.26. The Morgan fingerprint density at radius 2 is 0.818 bits per heavy atom. The first-order valence-electron chi connectivity index (χ1n) is 10.2. The van der Waals surface area contributed by atoms with Crippen molar-refractivity contribution in [2.24, 2.45) is 23.7 Å². The van der Waals surface area contributed by atoms with Crippen molar-refractivity contribution in [3.8, 4) is 0 Å². The van der Waals surface area contributed by atoms with Crippen molar-refractivity contribution in [2.75, 3.05) is 0 Å². The monoisotopic (exact) mass is 314 g/mol. The average Bonchev–Trinajstić information content (AvgIpc) is 3.21. The lowest BCUT2D eigenvalue weighted by atomic mass is 9.88. The highest BCUT2D eigenvalue weighted by atomic mass is 14.2. The molecular weight excluding hydrogens is 264 g/mol. The van der Waals surface area contributed by atoms with Crippen LogP contribution in [0.25, 0.3) is 0 Å². The quantitative estimate of drug-likeness (QED) is 0.478. The smallest absolute Gasteiger partial charge is 0.0443 e. The summed E-state index contributed by atoms with van der Waals surface area (Å²) >= 11 is 0. The van der Waals surface area contributed by atoms with Gasteiger partial charge in [-0.1, -0.05) is 121 Å². The van der Waals surface area contributed by atoms with E-state index in [-0.39, 0.29) is 0 Å². The molecule has 2 aliphatic carbocycles. The van der Waals surface area contributed by atoms with Crippen molar-refractivity contribution < 1.29 is 0 Å². The van der Waals surface area contributed by atoms with E-state index in [1.54, 1.807) is 0 Å². The molecule has 22 heavy (non-hydrogen) atoms. The van der Waals surface area contributed by atoms with Gasteiger partial charge in [-0.25, -0.2) is 0 Å². The van der Waals surface area contributed by atoms with Gasteiger partial charge in [0.25, 0.3) is 0 Å². The van der Waals surface area contributed by atoms with Crippen LogP contribution < -0.4 is 0 Å². The van der Waals surface area contributed by atoms with E-state index in [4.69, 9.17) is 0 Å². The van der Waals surface area contributed by atoms with Gasteiger partial charge in [0, 0.05) is 0 Å². The molecular formula is C22H50. The standard InChI is InChI=1S/C5H10.2C5H12.C4H8.C3H8/c1-5-3-2-4-5;2*1-4-5(2)3;1-4-2-3-4;1-3-2/h5H,2-4H2,1H3;2*5H,4H2,1-3H3;4H,2-3H2,1H3;3H2,1-2H3. The summed E-state index contributed by atoms with van der Waals surface area (Å²) in [6.07, 6.45) is 11.3. The predicted octanol–water partition coefficient (Wildman–Crippen LogP) is 8.74. The van der Waals surface area contributed by atoms with Crippen LogP contribution in [-0.4, -0.2) is 0 Å². The maximum atomic E-state index is 2.31. The van der Waals surface area contributed by atoms with Crippen molar-refractivity contribution in [2.45, 2.75) is 121 Å². The average molecular weight is 315 g/mol. The second-order valence-corrected chi connectivity index (χ2v) is 8.03. The number of hydrogen-bond donors (Lipinski definition) is 0. The number of rotatable bonds is 2. The van der Waals surface area contributed by atoms with Gasteiger partial charge in [0.2, 0.25) is 0 Å². The van der Waals surface area contributed by atoms with Gasteiger partial charge >= 0.3 is 0 Å². The molecule has 0 heteroatoms. The van der Waals surface area contributed by atoms with E-state index >= 15 is 0 Å². The van der Waals surface area contributed by atoms with Crippen LogP contribution in [0.15, 0.2) is 0 Å². The summed E-state index contributed by atoms with van der Waals surface area (Å²) in [5.41, 5.74) is 0. The van der Waals surface area contributed by atoms with E-state index < -0.39 is 0 Å². The molecule has 0 aromatic rings. The van der Waals surface area contributed by atoms with Crippen LogP contribution in [0.1, 0.15) is 121 Å². The maximum Gasteiger partial charge on any atom is -0.0443 e. The first-order chi connectivity index (χ1) is 10.2. The van der Waals surface area contributed by atoms with Crippen LogP contribution in [-0.2, 0) is 0 Å². The first kappa shape index (κ1) is 26.9. The summed E-state index contributed by atoms with van der Waals surface area (Å²) in [5.74, 6) is 3.92. The summed E-state index contributed by atoms with van der Waals surface area (Å²) in [7, 11) is 0. The van der Waals surface area contributed by atoms with E-state index in [0.29, 0.717) is 0 Å². The van der Waals surface area contributed by atoms with Crippen molar-refractivity contribution in [3.63, 3.8) is 0 Å². The molecule has 0 aromatic heterocycles. The molecule has 2 aliphatic rings. The van der Waals surface area contributed by atoms with Crippen molar-refractivity contribution in [1.82, 2.24) is 0 Å². The lowest BCUT2D eigenvalue weighted by molar-refractivity contribution is 0.346. The van der Waals surface area contributed by atoms with Gasteiger partial charge in [0.1, 0.15) is 0 Å². The van der Waals surface area contributed by atoms with Gasteiger partial charge < -0.3 is 0 Å². The third-order valence-electron chi connectivity index (χ3n) is 3.89. The Hall–Kier alpha value is 0. The van der Waals surface area contributed by atoms with E-state index in [1.807, 2.05) is 0 Å². The molecule has 0 aromatic carbocycles. The zero-order valence-corrected chi connectivity index (χ0v) is 18.0. The highest BCUT2D eigenvalue weighted by Gasteiger charge is 2.12. The maximum absolute atomic E-state index is 2.31. The minimum Gasteiger partial charge on any atom is -0.0656 e. The van der Waals surface area contributed by atoms with Gasteiger partial charge in [-0.3, -0.25) is 0 Å². The highest BCUT2D eigenvalue weighted by molar-refractivity contribution is 4.65. The third kappa shape index (κ3) is 42.7. The molecule has 0 radical (unpaired) electrons. The summed E-state index contributed by atoms with van der Waals surface area (Å²) < 4.78 is 0. The van der Waals surface area contributed by atoms with Crippen LogP contribution >= 0.6 is 0 Å². The Morgan fingerprint density at radius 1 is 0.636 bits per heavy atom. The Morgan fingerprint density at radius 3 is 0.818 bits per heavy atom. The van der Waals surface area contributed by atoms with Gasteiger partial charge in [-0.2, -0.15) is 0 Å². The molecule has 0 atom stereocenters. The lowest BCUT2D eigenvalue weighted by Crippen LogP contribution is -2.04. The normalized spacial score (nSPS) is 15.8. The molecule has 2 saturated carbocycles. The molecule has 0 heterocycles. The molecule has 138 valence electrons. The topological polar surface area (TPSA) is 0 Å². The molecule has 0 amide bonds. The molecule has 0 saturated heterocycles. The predicted molar refractivity (Wildman–Crippen MR) is 108 cm³/mol. The summed E-state index contributed by atoms with van der Waals surface area (Å²) in [6, 6.07) is 0. The minimum atomic E-state index is 0.884. The second-order valence-electron chi connectivity index (χ2n) is 8.03. The molecule has 0 aliphatic heterocycles. The molecule has 0 N–H and O–H groups in total. The van der Waals surface area contributed by atoms with E-state index in [2.05, 4.69) is 69.2 Å². The fraction of sp³-hybridized carbons (Fsp3) is 1.00. The molecule has 0 unspecified atom stereocenters. The lowest BCUT2D eigenvalue weighted by Gasteiger charge is -2.18. The Bertz CT molecular complexity index is 147. The number of hydrogen-bond acceptors (Lipinski definition) is 0. The molecule has 0 nitrogen and oxygen atoms in total. The van der Waals surface area contributed by atoms with Gasteiger partial charge in [0.15, 0.2) is 0 Å². The van der Waals surface area contributed by atoms with E-state index in [0.717, 1.165) is 23.7 Å². The Balaban J connectivity index is -0.000000208. The molecule has 0 bridgehead atoms. The second kappa shape index (κ2) is 21.0. The fourth-order valence-corrected chi connectivity index (χ4v) is 0.779. The summed E-state index contributed by atoms with van der Waals surface area (Å²) in [4.78, 5) is 0. The Labute approximate surface area is 144 Å². The van der Waals surface area contributed by atoms with Crippen molar-refractivity contribution in [1.29, 1.82) is 0 Å². The van der Waals surface area contributed by atoms with E-state index in [9.17, 15) is 0 Å². The van der Waals surface area contributed by atoms with Crippen LogP contribution in [0.5, 0.6) is 0 Å². The summed E-state index contributed by atoms with van der Waals surface area (Å²) in [6.45, 7) is 22.1. The van der Waals surface area contributed by atoms with Crippen molar-refractivity contribution in [3.05, 3.63) is 0 Å². The minimum absolute atomic E-state index is 0.884. The van der Waals surface area contributed by atoms with Crippen LogP contribution in [0.4, 0.5) is 0 Å². The van der Waals surface area contributed by atoms with Gasteiger partial charge in [0.05, 0.1) is 0 Å². The fourth-order valence-electron chi connectivity index (χ4n) is 0.779. The molecule has 2 rings (SSSR count). The SMILES string of the molecule is CC1CC1.CC1CCC1.CCC.CCC(C)C.CCC(C)C. The van der Waals surface area contributed by atoms with E-state index in [1.165, 1.54) is 51.4 Å². The molecule has 0 spiro atoms. The first-order valence-corrected chi connectivity index (χ1v) is 10.2. The van der Waals surface area contributed by atoms with Crippen LogP contribution in [0.2, 0.25) is 0 Å². The van der Waals surface area contributed by atoms with Crippen LogP contribution in [0.3, 0.4) is 0 Å². The van der Waals surface area contributed by atoms with Gasteiger partial charge in [-0.05, 0) is 23.7 Å². The van der Waals surface area contributed by atoms with Crippen LogP contribution in [0, 0.1) is 23.7 Å². The summed E-state index contributed by atoms with van der Waals surface area (Å²) in [5, 5.41) is 0. The largest absolute Gasteiger partial charge is 0.0656 e. The zero-order valence-electron chi connectivity index (χ0n) is 18.0. The molecule has 2 fully saturated rings. The van der Waals surface area contributed by atoms with Gasteiger partial charge in [-0.15, -0.1) is 0 Å². The van der Waals surface area contributed by atoms with Crippen molar-refractivity contribution >= 4 is 0 Å².